The summed E-state index contributed by atoms with van der Waals surface area (Å²) in [5, 5.41) is 8.35. The number of hydrogen-bond donors (Lipinski definition) is 1. The molecular weight excluding hydrogens is 351 g/mol. The molecule has 0 spiro atoms. The van der Waals surface area contributed by atoms with E-state index in [1.807, 2.05) is 30.5 Å². The van der Waals surface area contributed by atoms with Gasteiger partial charge in [0.1, 0.15) is 5.71 Å². The minimum absolute atomic E-state index is 0.520. The van der Waals surface area contributed by atoms with E-state index in [9.17, 15) is 0 Å². The fraction of sp³-hybridized carbons (Fsp3) is 0.0625. The zero-order valence-electron chi connectivity index (χ0n) is 12.2. The molecule has 2 aromatic heterocycles. The molecule has 3 aromatic rings. The minimum atomic E-state index is 0.520. The molecule has 3 rings (SSSR count). The molecule has 0 amide bonds. The smallest absolute Gasteiger partial charge is 0.264 e. The van der Waals surface area contributed by atoms with E-state index in [1.54, 1.807) is 30.0 Å². The Morgan fingerprint density at radius 2 is 2.09 bits per heavy atom. The summed E-state index contributed by atoms with van der Waals surface area (Å²) in [4.78, 5) is 8.65. The standard InChI is InChI=1S/C16H12Cl2N4S/c1-10(11-4-5-13(17)14(18)7-11)21-22-16-20-15(9-23-16)12-3-2-6-19-8-12/h2-9H,1H3,(H,20,22)/p+1. The van der Waals surface area contributed by atoms with E-state index in [1.165, 1.54) is 11.3 Å². The van der Waals surface area contributed by atoms with Crippen LogP contribution < -0.4 is 5.43 Å². The predicted molar refractivity (Wildman–Crippen MR) is 95.6 cm³/mol. The van der Waals surface area contributed by atoms with Gasteiger partial charge < -0.3 is 0 Å². The molecule has 0 aliphatic heterocycles. The normalized spacial score (nSPS) is 11.7. The number of halogens is 2. The van der Waals surface area contributed by atoms with Crippen LogP contribution in [-0.2, 0) is 0 Å². The molecule has 0 fully saturated rings. The molecule has 0 saturated heterocycles. The maximum atomic E-state index is 6.03. The number of rotatable bonds is 4. The van der Waals surface area contributed by atoms with Gasteiger partial charge in [-0.3, -0.25) is 4.98 Å². The van der Waals surface area contributed by atoms with Crippen molar-refractivity contribution in [1.82, 2.24) is 9.97 Å². The number of benzene rings is 1. The van der Waals surface area contributed by atoms with Crippen LogP contribution in [0.15, 0.2) is 53.2 Å². The number of nitrogens with two attached hydrogens (primary N) is 1. The Morgan fingerprint density at radius 1 is 1.22 bits per heavy atom. The van der Waals surface area contributed by atoms with Gasteiger partial charge in [-0.15, -0.1) is 0 Å². The number of thiazole rings is 1. The molecule has 2 N–H and O–H groups in total. The second kappa shape index (κ2) is 7.19. The summed E-state index contributed by atoms with van der Waals surface area (Å²) in [6, 6.07) is 9.34. The molecule has 0 atom stereocenters. The van der Waals surface area contributed by atoms with Crippen molar-refractivity contribution in [3.63, 3.8) is 0 Å². The maximum absolute atomic E-state index is 6.03. The molecule has 0 bridgehead atoms. The van der Waals surface area contributed by atoms with Gasteiger partial charge in [0.15, 0.2) is 0 Å². The molecule has 7 heteroatoms. The molecule has 4 nitrogen and oxygen atoms in total. The SMILES string of the molecule is CC(=N[NH2+]c1nc(-c2cccnc2)cs1)c1ccc(Cl)c(Cl)c1. The van der Waals surface area contributed by atoms with Gasteiger partial charge in [-0.05, 0) is 31.2 Å². The van der Waals surface area contributed by atoms with Crippen LogP contribution in [0.2, 0.25) is 10.0 Å². The number of nitrogens with zero attached hydrogens (tertiary/aromatic N) is 3. The molecule has 0 saturated carbocycles. The summed E-state index contributed by atoms with van der Waals surface area (Å²) < 4.78 is 0. The molecular formula is C16H13Cl2N4S+. The summed E-state index contributed by atoms with van der Waals surface area (Å²) in [6.07, 6.45) is 3.54. The van der Waals surface area contributed by atoms with Crippen molar-refractivity contribution >= 4 is 45.4 Å². The Labute approximate surface area is 147 Å². The van der Waals surface area contributed by atoms with Crippen LogP contribution in [0.1, 0.15) is 12.5 Å². The lowest BCUT2D eigenvalue weighted by Crippen LogP contribution is -2.71. The molecule has 23 heavy (non-hydrogen) atoms. The van der Waals surface area contributed by atoms with E-state index in [-0.39, 0.29) is 0 Å². The highest BCUT2D eigenvalue weighted by atomic mass is 35.5. The second-order valence-electron chi connectivity index (χ2n) is 4.79. The number of aromatic nitrogens is 2. The van der Waals surface area contributed by atoms with Crippen molar-refractivity contribution in [2.24, 2.45) is 5.10 Å². The molecule has 1 aromatic carbocycles. The molecule has 0 aliphatic rings. The van der Waals surface area contributed by atoms with Gasteiger partial charge >= 0.3 is 5.13 Å². The van der Waals surface area contributed by atoms with Gasteiger partial charge in [0.2, 0.25) is 0 Å². The largest absolute Gasteiger partial charge is 0.310 e. The first-order chi connectivity index (χ1) is 11.1. The Bertz CT molecular complexity index is 846. The Morgan fingerprint density at radius 3 is 2.83 bits per heavy atom. The minimum Gasteiger partial charge on any atom is -0.264 e. The van der Waals surface area contributed by atoms with E-state index in [0.29, 0.717) is 10.0 Å². The lowest BCUT2D eigenvalue weighted by atomic mass is 10.1. The molecule has 0 unspecified atom stereocenters. The number of pyridine rings is 1. The third kappa shape index (κ3) is 3.95. The first-order valence-electron chi connectivity index (χ1n) is 6.82. The Kier molecular flexibility index (Phi) is 5.03. The molecule has 116 valence electrons. The van der Waals surface area contributed by atoms with Crippen molar-refractivity contribution in [3.05, 3.63) is 63.7 Å². The van der Waals surface area contributed by atoms with E-state index < -0.39 is 0 Å². The van der Waals surface area contributed by atoms with Crippen LogP contribution >= 0.6 is 34.5 Å². The summed E-state index contributed by atoms with van der Waals surface area (Å²) in [7, 11) is 0. The second-order valence-corrected chi connectivity index (χ2v) is 6.49. The fourth-order valence-electron chi connectivity index (χ4n) is 1.94. The third-order valence-electron chi connectivity index (χ3n) is 3.19. The molecule has 0 aliphatic carbocycles. The third-order valence-corrected chi connectivity index (χ3v) is 4.70. The van der Waals surface area contributed by atoms with Gasteiger partial charge in [0, 0.05) is 28.9 Å². The zero-order valence-corrected chi connectivity index (χ0v) is 14.5. The van der Waals surface area contributed by atoms with Gasteiger partial charge in [-0.1, -0.05) is 45.7 Å². The highest BCUT2D eigenvalue weighted by Gasteiger charge is 2.08. The van der Waals surface area contributed by atoms with Crippen LogP contribution in [0.25, 0.3) is 11.3 Å². The van der Waals surface area contributed by atoms with Crippen molar-refractivity contribution in [3.8, 4) is 11.3 Å². The quantitative estimate of drug-likeness (QED) is 0.430. The van der Waals surface area contributed by atoms with Crippen molar-refractivity contribution in [2.75, 3.05) is 0 Å². The van der Waals surface area contributed by atoms with Gasteiger partial charge in [0.05, 0.1) is 15.7 Å². The summed E-state index contributed by atoms with van der Waals surface area (Å²) >= 11 is 13.5. The van der Waals surface area contributed by atoms with E-state index in [2.05, 4.69) is 15.1 Å². The molecule has 0 radical (unpaired) electrons. The molecule has 2 heterocycles. The summed E-state index contributed by atoms with van der Waals surface area (Å²) in [6.45, 7) is 1.92. The van der Waals surface area contributed by atoms with Gasteiger partial charge in [0.25, 0.3) is 0 Å². The van der Waals surface area contributed by atoms with Crippen molar-refractivity contribution in [1.29, 1.82) is 0 Å². The van der Waals surface area contributed by atoms with Crippen LogP contribution in [0, 0.1) is 0 Å². The van der Waals surface area contributed by atoms with E-state index in [4.69, 9.17) is 23.2 Å². The van der Waals surface area contributed by atoms with Crippen molar-refractivity contribution < 1.29 is 5.43 Å². The van der Waals surface area contributed by atoms with Gasteiger partial charge in [-0.2, -0.15) is 10.4 Å². The average Bonchev–Trinajstić information content (AvgIpc) is 3.05. The summed E-state index contributed by atoms with van der Waals surface area (Å²) in [5.74, 6) is 0. The monoisotopic (exact) mass is 363 g/mol. The maximum Gasteiger partial charge on any atom is 0.310 e. The Hall–Kier alpha value is -1.79. The topological polar surface area (TPSA) is 54.8 Å². The van der Waals surface area contributed by atoms with Gasteiger partial charge in [-0.25, -0.2) is 0 Å². The first-order valence-corrected chi connectivity index (χ1v) is 8.46. The number of hydrogen-bond acceptors (Lipinski definition) is 4. The average molecular weight is 364 g/mol. The summed E-state index contributed by atoms with van der Waals surface area (Å²) in [5.41, 5.74) is 5.43. The zero-order chi connectivity index (χ0) is 16.2. The van der Waals surface area contributed by atoms with Crippen LogP contribution in [0.4, 0.5) is 5.13 Å². The van der Waals surface area contributed by atoms with Crippen LogP contribution in [0.5, 0.6) is 0 Å². The first kappa shape index (κ1) is 16.1. The van der Waals surface area contributed by atoms with E-state index >= 15 is 0 Å². The highest BCUT2D eigenvalue weighted by Crippen LogP contribution is 2.23. The predicted octanol–water partition coefficient (Wildman–Crippen LogP) is 4.13. The van der Waals surface area contributed by atoms with Crippen molar-refractivity contribution in [2.45, 2.75) is 6.92 Å². The number of quaternary nitrogens is 1. The lowest BCUT2D eigenvalue weighted by Gasteiger charge is -2.00. The fourth-order valence-corrected chi connectivity index (χ4v) is 2.93. The van der Waals surface area contributed by atoms with E-state index in [0.717, 1.165) is 27.7 Å². The van der Waals surface area contributed by atoms with Crippen LogP contribution in [-0.4, -0.2) is 15.7 Å². The highest BCUT2D eigenvalue weighted by molar-refractivity contribution is 7.13. The lowest BCUT2D eigenvalue weighted by molar-refractivity contribution is -0.577. The van der Waals surface area contributed by atoms with Crippen LogP contribution in [0.3, 0.4) is 0 Å². The Balaban J connectivity index is 1.75.